The average Bonchev–Trinajstić information content (AvgIpc) is 2.77. The van der Waals surface area contributed by atoms with E-state index in [0.717, 1.165) is 12.0 Å². The molecular weight excluding hydrogens is 388 g/mol. The zero-order chi connectivity index (χ0) is 21.0. The first-order chi connectivity index (χ1) is 14.5. The van der Waals surface area contributed by atoms with Gasteiger partial charge in [0.2, 0.25) is 0 Å². The number of hydrogen-bond acceptors (Lipinski definition) is 3. The minimum Gasteiger partial charge on any atom is -0.431 e. The van der Waals surface area contributed by atoms with Crippen LogP contribution in [-0.4, -0.2) is 5.97 Å². The van der Waals surface area contributed by atoms with Crippen LogP contribution in [0.25, 0.3) is 11.0 Å². The van der Waals surface area contributed by atoms with Crippen LogP contribution in [0.4, 0.5) is 0 Å². The molecule has 0 aromatic heterocycles. The molecule has 1 aliphatic rings. The van der Waals surface area contributed by atoms with Crippen LogP contribution in [0, 0.1) is 0 Å². The van der Waals surface area contributed by atoms with Crippen LogP contribution >= 0.6 is 11.8 Å². The third-order valence-corrected chi connectivity index (χ3v) is 6.35. The van der Waals surface area contributed by atoms with E-state index in [1.807, 2.05) is 30.3 Å². The molecule has 0 radical (unpaired) electrons. The Morgan fingerprint density at radius 3 is 2.37 bits per heavy atom. The molecule has 0 N–H and O–H groups in total. The van der Waals surface area contributed by atoms with Crippen LogP contribution < -0.4 is 0 Å². The maximum Gasteiger partial charge on any atom is 0.342 e. The second-order valence-electron chi connectivity index (χ2n) is 7.92. The predicted molar refractivity (Wildman–Crippen MR) is 125 cm³/mol. The Morgan fingerprint density at radius 2 is 1.63 bits per heavy atom. The lowest BCUT2D eigenvalue weighted by molar-refractivity contribution is 0.0665. The number of allylic oxidation sites excluding steroid dienone is 1. The Hall–Kier alpha value is -3.04. The average molecular weight is 413 g/mol. The Morgan fingerprint density at radius 1 is 0.933 bits per heavy atom. The molecule has 2 nitrogen and oxygen atoms in total. The van der Waals surface area contributed by atoms with Crippen molar-refractivity contribution in [1.29, 1.82) is 0 Å². The Labute approximate surface area is 182 Å². The number of benzene rings is 3. The van der Waals surface area contributed by atoms with E-state index < -0.39 is 0 Å². The van der Waals surface area contributed by atoms with Crippen molar-refractivity contribution in [2.24, 2.45) is 0 Å². The van der Waals surface area contributed by atoms with E-state index in [2.05, 4.69) is 62.4 Å². The summed E-state index contributed by atoms with van der Waals surface area (Å²) < 4.78 is 5.37. The van der Waals surface area contributed by atoms with E-state index in [1.165, 1.54) is 27.2 Å². The summed E-state index contributed by atoms with van der Waals surface area (Å²) in [6, 6.07) is 25.8. The van der Waals surface area contributed by atoms with Gasteiger partial charge in [0.25, 0.3) is 0 Å². The van der Waals surface area contributed by atoms with Crippen molar-refractivity contribution >= 4 is 28.7 Å². The maximum absolute atomic E-state index is 12.2. The van der Waals surface area contributed by atoms with Gasteiger partial charge >= 0.3 is 5.97 Å². The first-order valence-corrected chi connectivity index (χ1v) is 10.9. The first-order valence-electron chi connectivity index (χ1n) is 10.0. The number of carbonyl (C=O) groups is 1. The predicted octanol–water partition coefficient (Wildman–Crippen LogP) is 7.33. The van der Waals surface area contributed by atoms with Crippen molar-refractivity contribution in [1.82, 2.24) is 0 Å². The minimum atomic E-state index is -0.351. The van der Waals surface area contributed by atoms with Gasteiger partial charge in [0.15, 0.2) is 0 Å². The molecule has 0 heterocycles. The molecule has 30 heavy (non-hydrogen) atoms. The summed E-state index contributed by atoms with van der Waals surface area (Å²) in [5.41, 5.74) is 4.16. The number of thioether (sulfide) groups is 1. The number of ether oxygens (including phenoxy) is 1. The van der Waals surface area contributed by atoms with Crippen LogP contribution in [0.15, 0.2) is 96.1 Å². The summed E-state index contributed by atoms with van der Waals surface area (Å²) in [7, 11) is 0. The van der Waals surface area contributed by atoms with Gasteiger partial charge in [-0.25, -0.2) is 4.79 Å². The molecule has 0 saturated carbocycles. The van der Waals surface area contributed by atoms with E-state index >= 15 is 0 Å². The van der Waals surface area contributed by atoms with E-state index in [4.69, 9.17) is 4.74 Å². The van der Waals surface area contributed by atoms with Crippen LogP contribution in [0.1, 0.15) is 47.3 Å². The van der Waals surface area contributed by atoms with Crippen LogP contribution in [0.3, 0.4) is 0 Å². The molecule has 0 unspecified atom stereocenters. The highest BCUT2D eigenvalue weighted by Gasteiger charge is 2.30. The van der Waals surface area contributed by atoms with Crippen LogP contribution in [0.5, 0.6) is 0 Å². The fourth-order valence-electron chi connectivity index (χ4n) is 3.75. The fourth-order valence-corrected chi connectivity index (χ4v) is 4.75. The highest BCUT2D eigenvalue weighted by molar-refractivity contribution is 8.08. The number of fused-ring (bicyclic) bond motifs is 1. The lowest BCUT2D eigenvalue weighted by Gasteiger charge is -2.33. The highest BCUT2D eigenvalue weighted by atomic mass is 32.2. The molecule has 0 aliphatic heterocycles. The van der Waals surface area contributed by atoms with Crippen molar-refractivity contribution in [2.75, 3.05) is 0 Å². The summed E-state index contributed by atoms with van der Waals surface area (Å²) in [6.45, 7) is 4.53. The zero-order valence-corrected chi connectivity index (χ0v) is 18.0. The van der Waals surface area contributed by atoms with Gasteiger partial charge in [0, 0.05) is 9.80 Å². The summed E-state index contributed by atoms with van der Waals surface area (Å²) >= 11 is 1.79. The van der Waals surface area contributed by atoms with Gasteiger partial charge in [-0.2, -0.15) is 0 Å². The molecule has 3 aromatic carbocycles. The fraction of sp³-hybridized carbons (Fsp3) is 0.148. The largest absolute Gasteiger partial charge is 0.431 e. The quantitative estimate of drug-likeness (QED) is 0.324. The molecule has 3 aromatic rings. The van der Waals surface area contributed by atoms with Crippen molar-refractivity contribution < 1.29 is 9.53 Å². The van der Waals surface area contributed by atoms with E-state index in [1.54, 1.807) is 23.9 Å². The molecule has 3 heteroatoms. The lowest BCUT2D eigenvalue weighted by atomic mass is 9.73. The monoisotopic (exact) mass is 412 g/mol. The smallest absolute Gasteiger partial charge is 0.342 e. The molecule has 0 bridgehead atoms. The van der Waals surface area contributed by atoms with Gasteiger partial charge in [-0.3, -0.25) is 0 Å². The molecule has 0 saturated heterocycles. The highest BCUT2D eigenvalue weighted by Crippen LogP contribution is 2.46. The van der Waals surface area contributed by atoms with Crippen molar-refractivity contribution in [3.05, 3.63) is 113 Å². The molecule has 0 atom stereocenters. The van der Waals surface area contributed by atoms with Gasteiger partial charge in [0.05, 0.1) is 11.8 Å². The zero-order valence-electron chi connectivity index (χ0n) is 17.2. The molecular formula is C27H24O2S. The summed E-state index contributed by atoms with van der Waals surface area (Å²) in [6.07, 6.45) is 6.70. The third kappa shape index (κ3) is 4.42. The van der Waals surface area contributed by atoms with Crippen LogP contribution in [0.2, 0.25) is 0 Å². The number of hydrogen-bond donors (Lipinski definition) is 0. The molecule has 0 amide bonds. The van der Waals surface area contributed by atoms with Crippen molar-refractivity contribution in [2.45, 2.75) is 30.6 Å². The number of esters is 1. The van der Waals surface area contributed by atoms with Gasteiger partial charge in [-0.1, -0.05) is 86.3 Å². The maximum atomic E-state index is 12.2. The normalized spacial score (nSPS) is 14.8. The molecule has 150 valence electrons. The number of rotatable bonds is 5. The van der Waals surface area contributed by atoms with Gasteiger partial charge < -0.3 is 4.74 Å². The molecule has 1 aliphatic carbocycles. The minimum absolute atomic E-state index is 0.000450. The lowest BCUT2D eigenvalue weighted by Crippen LogP contribution is -2.22. The SMILES string of the molecule is CC1(C)CC=C(Sc2ccccc2)c2cccc(C=COC(=O)c3ccccc3)c21. The van der Waals surface area contributed by atoms with Crippen LogP contribution in [-0.2, 0) is 10.2 Å². The van der Waals surface area contributed by atoms with Gasteiger partial charge in [-0.05, 0) is 58.9 Å². The van der Waals surface area contributed by atoms with Crippen molar-refractivity contribution in [3.8, 4) is 0 Å². The van der Waals surface area contributed by atoms with Gasteiger partial charge in [-0.15, -0.1) is 0 Å². The Kier molecular flexibility index (Phi) is 5.91. The summed E-state index contributed by atoms with van der Waals surface area (Å²) in [5.74, 6) is -0.351. The Bertz CT molecular complexity index is 1100. The molecule has 0 fully saturated rings. The van der Waals surface area contributed by atoms with Crippen molar-refractivity contribution in [3.63, 3.8) is 0 Å². The third-order valence-electron chi connectivity index (χ3n) is 5.24. The molecule has 0 spiro atoms. The summed E-state index contributed by atoms with van der Waals surface area (Å²) in [4.78, 5) is 14.7. The standard InChI is InChI=1S/C27H24O2S/c1-27(2)18-16-24(30-22-13-7-4-8-14-22)23-15-9-12-20(25(23)27)17-19-29-26(28)21-10-5-3-6-11-21/h3-17,19H,18H2,1-2H3. The topological polar surface area (TPSA) is 26.3 Å². The number of carbonyl (C=O) groups excluding carboxylic acids is 1. The Balaban J connectivity index is 1.61. The van der Waals surface area contributed by atoms with E-state index in [9.17, 15) is 4.79 Å². The van der Waals surface area contributed by atoms with E-state index in [0.29, 0.717) is 5.56 Å². The van der Waals surface area contributed by atoms with E-state index in [-0.39, 0.29) is 11.4 Å². The summed E-state index contributed by atoms with van der Waals surface area (Å²) in [5, 5.41) is 0. The molecule has 4 rings (SSSR count). The second kappa shape index (κ2) is 8.76. The van der Waals surface area contributed by atoms with Gasteiger partial charge in [0.1, 0.15) is 0 Å². The first kappa shape index (κ1) is 20.2. The second-order valence-corrected chi connectivity index (χ2v) is 9.03.